The summed E-state index contributed by atoms with van der Waals surface area (Å²) >= 11 is 6.02. The van der Waals surface area contributed by atoms with E-state index in [1.807, 2.05) is 6.07 Å². The normalized spacial score (nSPS) is 29.9. The molecular formula is C16H24Cl2N2. The van der Waals surface area contributed by atoms with Gasteiger partial charge in [-0.1, -0.05) is 24.1 Å². The smallest absolute Gasteiger partial charge is 0.0408 e. The van der Waals surface area contributed by atoms with Crippen LogP contribution in [0.2, 0.25) is 5.02 Å². The molecule has 20 heavy (non-hydrogen) atoms. The van der Waals surface area contributed by atoms with Gasteiger partial charge in [-0.3, -0.25) is 4.90 Å². The molecule has 3 rings (SSSR count). The van der Waals surface area contributed by atoms with Crippen molar-refractivity contribution in [2.45, 2.75) is 38.8 Å². The molecule has 0 spiro atoms. The van der Waals surface area contributed by atoms with Crippen molar-refractivity contribution in [1.82, 2.24) is 4.90 Å². The first-order chi connectivity index (χ1) is 9.13. The van der Waals surface area contributed by atoms with Crippen molar-refractivity contribution in [2.75, 3.05) is 13.1 Å². The molecule has 1 saturated carbocycles. The van der Waals surface area contributed by atoms with Crippen molar-refractivity contribution >= 4 is 24.0 Å². The summed E-state index contributed by atoms with van der Waals surface area (Å²) in [4.78, 5) is 2.58. The number of aryl methyl sites for hydroxylation is 1. The molecule has 2 fully saturated rings. The van der Waals surface area contributed by atoms with Crippen LogP contribution in [0, 0.1) is 18.8 Å². The lowest BCUT2D eigenvalue weighted by atomic mass is 9.78. The van der Waals surface area contributed by atoms with E-state index in [1.165, 1.54) is 43.5 Å². The van der Waals surface area contributed by atoms with E-state index in [0.717, 1.165) is 23.4 Å². The summed E-state index contributed by atoms with van der Waals surface area (Å²) in [6, 6.07) is 6.65. The lowest BCUT2D eigenvalue weighted by molar-refractivity contribution is 0.259. The molecule has 0 amide bonds. The van der Waals surface area contributed by atoms with E-state index in [-0.39, 0.29) is 12.4 Å². The van der Waals surface area contributed by atoms with Gasteiger partial charge in [-0.25, -0.2) is 0 Å². The fourth-order valence-corrected chi connectivity index (χ4v) is 4.04. The third-order valence-corrected chi connectivity index (χ3v) is 5.16. The van der Waals surface area contributed by atoms with Crippen LogP contribution in [0.25, 0.3) is 0 Å². The van der Waals surface area contributed by atoms with Gasteiger partial charge >= 0.3 is 0 Å². The highest BCUT2D eigenvalue weighted by Crippen LogP contribution is 2.36. The number of benzene rings is 1. The van der Waals surface area contributed by atoms with E-state index in [9.17, 15) is 0 Å². The van der Waals surface area contributed by atoms with Gasteiger partial charge in [0.05, 0.1) is 0 Å². The minimum Gasteiger partial charge on any atom is -0.327 e. The monoisotopic (exact) mass is 314 g/mol. The first-order valence-corrected chi connectivity index (χ1v) is 7.74. The van der Waals surface area contributed by atoms with Gasteiger partial charge in [-0.05, 0) is 54.9 Å². The fourth-order valence-electron chi connectivity index (χ4n) is 3.82. The number of likely N-dealkylation sites (tertiary alicyclic amines) is 1. The summed E-state index contributed by atoms with van der Waals surface area (Å²) in [7, 11) is 0. The Hall–Kier alpha value is -0.280. The van der Waals surface area contributed by atoms with Crippen LogP contribution in [-0.4, -0.2) is 24.0 Å². The fraction of sp³-hybridized carbons (Fsp3) is 0.625. The third kappa shape index (κ3) is 3.30. The van der Waals surface area contributed by atoms with Gasteiger partial charge in [0.15, 0.2) is 0 Å². The summed E-state index contributed by atoms with van der Waals surface area (Å²) < 4.78 is 0. The summed E-state index contributed by atoms with van der Waals surface area (Å²) in [6.07, 6.45) is 3.90. The summed E-state index contributed by atoms with van der Waals surface area (Å²) in [5, 5.41) is 0.832. The van der Waals surface area contributed by atoms with Gasteiger partial charge in [0.25, 0.3) is 0 Å². The minimum atomic E-state index is 0. The Kier molecular flexibility index (Phi) is 5.36. The number of nitrogens with two attached hydrogens (primary N) is 1. The van der Waals surface area contributed by atoms with Crippen LogP contribution in [0.3, 0.4) is 0 Å². The second-order valence-electron chi connectivity index (χ2n) is 6.28. The minimum absolute atomic E-state index is 0. The molecule has 1 aliphatic carbocycles. The molecule has 2 aliphatic rings. The van der Waals surface area contributed by atoms with Crippen molar-refractivity contribution < 1.29 is 0 Å². The second kappa shape index (κ2) is 6.65. The van der Waals surface area contributed by atoms with Crippen LogP contribution in [0.5, 0.6) is 0 Å². The summed E-state index contributed by atoms with van der Waals surface area (Å²) in [5.41, 5.74) is 8.98. The Morgan fingerprint density at radius 1 is 1.30 bits per heavy atom. The molecule has 1 aromatic carbocycles. The van der Waals surface area contributed by atoms with Gasteiger partial charge < -0.3 is 5.73 Å². The van der Waals surface area contributed by atoms with Crippen LogP contribution in [0.4, 0.5) is 0 Å². The maximum Gasteiger partial charge on any atom is 0.0408 e. The highest BCUT2D eigenvalue weighted by Gasteiger charge is 2.38. The lowest BCUT2D eigenvalue weighted by Gasteiger charge is -2.29. The van der Waals surface area contributed by atoms with Gasteiger partial charge in [0.1, 0.15) is 0 Å². The number of rotatable bonds is 2. The van der Waals surface area contributed by atoms with Crippen LogP contribution in [0.1, 0.15) is 30.4 Å². The second-order valence-corrected chi connectivity index (χ2v) is 6.72. The van der Waals surface area contributed by atoms with Crippen molar-refractivity contribution in [3.63, 3.8) is 0 Å². The molecule has 3 unspecified atom stereocenters. The average molecular weight is 315 g/mol. The Balaban J connectivity index is 0.00000147. The van der Waals surface area contributed by atoms with Crippen LogP contribution < -0.4 is 5.73 Å². The predicted molar refractivity (Wildman–Crippen MR) is 87.5 cm³/mol. The molecule has 2 nitrogen and oxygen atoms in total. The number of fused-ring (bicyclic) bond motifs is 1. The van der Waals surface area contributed by atoms with Crippen molar-refractivity contribution in [2.24, 2.45) is 17.6 Å². The van der Waals surface area contributed by atoms with Crippen LogP contribution in [-0.2, 0) is 6.54 Å². The van der Waals surface area contributed by atoms with Crippen molar-refractivity contribution in [1.29, 1.82) is 0 Å². The van der Waals surface area contributed by atoms with Gasteiger partial charge in [-0.15, -0.1) is 12.4 Å². The summed E-state index contributed by atoms with van der Waals surface area (Å²) in [5.74, 6) is 1.55. The van der Waals surface area contributed by atoms with Gasteiger partial charge in [0, 0.05) is 30.7 Å². The molecule has 1 saturated heterocycles. The molecule has 0 bridgehead atoms. The molecule has 1 aromatic rings. The standard InChI is InChI=1S/C16H23ClN2.ClH/c1-11-7-14(17)6-5-12(11)8-19-9-13-3-2-4-16(18)15(13)10-19;/h5-7,13,15-16H,2-4,8-10,18H2,1H3;1H. The molecule has 2 N–H and O–H groups in total. The van der Waals surface area contributed by atoms with E-state index in [4.69, 9.17) is 17.3 Å². The van der Waals surface area contributed by atoms with E-state index in [2.05, 4.69) is 24.0 Å². The summed E-state index contributed by atoms with van der Waals surface area (Å²) in [6.45, 7) is 5.59. The van der Waals surface area contributed by atoms with E-state index in [0.29, 0.717) is 6.04 Å². The molecule has 1 heterocycles. The van der Waals surface area contributed by atoms with E-state index in [1.54, 1.807) is 0 Å². The number of nitrogens with zero attached hydrogens (tertiary/aromatic N) is 1. The Bertz CT molecular complexity index is 464. The zero-order chi connectivity index (χ0) is 13.4. The van der Waals surface area contributed by atoms with Crippen molar-refractivity contribution in [3.05, 3.63) is 34.3 Å². The molecule has 3 atom stereocenters. The maximum atomic E-state index is 6.28. The predicted octanol–water partition coefficient (Wildman–Crippen LogP) is 3.63. The van der Waals surface area contributed by atoms with Gasteiger partial charge in [0.2, 0.25) is 0 Å². The van der Waals surface area contributed by atoms with Crippen LogP contribution >= 0.6 is 24.0 Å². The zero-order valence-corrected chi connectivity index (χ0v) is 13.6. The zero-order valence-electron chi connectivity index (χ0n) is 12.0. The SMILES string of the molecule is Cc1cc(Cl)ccc1CN1CC2CCCC(N)C2C1.Cl. The number of halogens is 2. The van der Waals surface area contributed by atoms with Crippen LogP contribution in [0.15, 0.2) is 18.2 Å². The van der Waals surface area contributed by atoms with Gasteiger partial charge in [-0.2, -0.15) is 0 Å². The molecule has 1 aliphatic heterocycles. The molecule has 112 valence electrons. The Labute approximate surface area is 133 Å². The quantitative estimate of drug-likeness (QED) is 0.903. The third-order valence-electron chi connectivity index (χ3n) is 4.93. The molecule has 0 aromatic heterocycles. The van der Waals surface area contributed by atoms with E-state index >= 15 is 0 Å². The largest absolute Gasteiger partial charge is 0.327 e. The Morgan fingerprint density at radius 2 is 2.10 bits per heavy atom. The molecular weight excluding hydrogens is 291 g/mol. The van der Waals surface area contributed by atoms with Crippen molar-refractivity contribution in [3.8, 4) is 0 Å². The first-order valence-electron chi connectivity index (χ1n) is 7.36. The highest BCUT2D eigenvalue weighted by atomic mass is 35.5. The van der Waals surface area contributed by atoms with E-state index < -0.39 is 0 Å². The Morgan fingerprint density at radius 3 is 2.80 bits per heavy atom. The molecule has 0 radical (unpaired) electrons. The average Bonchev–Trinajstić information content (AvgIpc) is 2.77. The maximum absolute atomic E-state index is 6.28. The number of hydrogen-bond donors (Lipinski definition) is 1. The number of hydrogen-bond acceptors (Lipinski definition) is 2. The molecule has 4 heteroatoms. The topological polar surface area (TPSA) is 29.3 Å². The first kappa shape index (κ1) is 16.1. The highest BCUT2D eigenvalue weighted by molar-refractivity contribution is 6.30. The lowest BCUT2D eigenvalue weighted by Crippen LogP contribution is -2.38.